The predicted molar refractivity (Wildman–Crippen MR) is 95.6 cm³/mol. The molecule has 144 valence electrons. The average Bonchev–Trinajstić information content (AvgIpc) is 2.53. The summed E-state index contributed by atoms with van der Waals surface area (Å²) in [7, 11) is -3.69. The standard InChI is InChI=1S/C17H24N2O6S/c1-12-4-5-15(13(2)8-12)17(22)18-6-7-25-14(9-18)10-19(11-16(20)21)26(3,23)24/h4-5,8,14H,6-7,9-11H2,1-3H3,(H,20,21). The highest BCUT2D eigenvalue weighted by Crippen LogP contribution is 2.16. The Kier molecular flexibility index (Phi) is 6.38. The number of carbonyl (C=O) groups excluding carboxylic acids is 1. The molecule has 0 bridgehead atoms. The van der Waals surface area contributed by atoms with Crippen LogP contribution in [0.15, 0.2) is 18.2 Å². The van der Waals surface area contributed by atoms with E-state index in [1.165, 1.54) is 0 Å². The number of carboxylic acids is 1. The number of carbonyl (C=O) groups is 2. The molecule has 1 saturated heterocycles. The SMILES string of the molecule is Cc1ccc(C(=O)N2CCOC(CN(CC(=O)O)S(C)(=O)=O)C2)c(C)c1. The van der Waals surface area contributed by atoms with Gasteiger partial charge >= 0.3 is 5.97 Å². The third-order valence-electron chi connectivity index (χ3n) is 4.23. The molecule has 1 aromatic rings. The second-order valence-electron chi connectivity index (χ2n) is 6.51. The third-order valence-corrected chi connectivity index (χ3v) is 5.44. The number of hydrogen-bond donors (Lipinski definition) is 1. The summed E-state index contributed by atoms with van der Waals surface area (Å²) in [5.41, 5.74) is 2.54. The van der Waals surface area contributed by atoms with Crippen molar-refractivity contribution in [2.45, 2.75) is 20.0 Å². The molecule has 1 aliphatic rings. The molecule has 0 aromatic heterocycles. The number of nitrogens with zero attached hydrogens (tertiary/aromatic N) is 2. The maximum Gasteiger partial charge on any atom is 0.318 e. The summed E-state index contributed by atoms with van der Waals surface area (Å²) in [5.74, 6) is -1.38. The fraction of sp³-hybridized carbons (Fsp3) is 0.529. The van der Waals surface area contributed by atoms with Gasteiger partial charge in [0.15, 0.2) is 0 Å². The molecule has 8 nitrogen and oxygen atoms in total. The van der Waals surface area contributed by atoms with E-state index in [0.717, 1.165) is 21.7 Å². The molecule has 1 heterocycles. The van der Waals surface area contributed by atoms with E-state index in [0.29, 0.717) is 12.1 Å². The highest BCUT2D eigenvalue weighted by Gasteiger charge is 2.30. The van der Waals surface area contributed by atoms with Crippen LogP contribution in [0.1, 0.15) is 21.5 Å². The van der Waals surface area contributed by atoms with Crippen LogP contribution in [0.2, 0.25) is 0 Å². The number of carboxylic acid groups (broad SMARTS) is 1. The summed E-state index contributed by atoms with van der Waals surface area (Å²) >= 11 is 0. The first-order valence-electron chi connectivity index (χ1n) is 8.23. The zero-order valence-corrected chi connectivity index (χ0v) is 16.0. The van der Waals surface area contributed by atoms with Crippen LogP contribution in [-0.4, -0.2) is 79.8 Å². The Morgan fingerprint density at radius 3 is 2.62 bits per heavy atom. The van der Waals surface area contributed by atoms with E-state index >= 15 is 0 Å². The van der Waals surface area contributed by atoms with Crippen LogP contribution in [0.5, 0.6) is 0 Å². The lowest BCUT2D eigenvalue weighted by Crippen LogP contribution is -2.51. The summed E-state index contributed by atoms with van der Waals surface area (Å²) in [6.07, 6.45) is 0.379. The fourth-order valence-corrected chi connectivity index (χ4v) is 3.72. The molecule has 0 radical (unpaired) electrons. The normalized spacial score (nSPS) is 18.2. The first-order chi connectivity index (χ1) is 12.1. The molecule has 1 atom stereocenters. The van der Waals surface area contributed by atoms with Crippen LogP contribution in [0, 0.1) is 13.8 Å². The summed E-state index contributed by atoms with van der Waals surface area (Å²) in [6.45, 7) is 3.96. The van der Waals surface area contributed by atoms with Crippen molar-refractivity contribution in [3.05, 3.63) is 34.9 Å². The molecule has 1 aliphatic heterocycles. The van der Waals surface area contributed by atoms with E-state index in [1.54, 1.807) is 11.0 Å². The van der Waals surface area contributed by atoms with Gasteiger partial charge in [-0.05, 0) is 25.5 Å². The first-order valence-corrected chi connectivity index (χ1v) is 10.1. The number of amides is 1. The number of benzene rings is 1. The Hall–Kier alpha value is -1.97. The Morgan fingerprint density at radius 1 is 1.35 bits per heavy atom. The molecule has 0 saturated carbocycles. The minimum atomic E-state index is -3.69. The summed E-state index contributed by atoms with van der Waals surface area (Å²) in [6, 6.07) is 5.59. The lowest BCUT2D eigenvalue weighted by molar-refractivity contribution is -0.137. The zero-order chi connectivity index (χ0) is 19.5. The van der Waals surface area contributed by atoms with Crippen molar-refractivity contribution >= 4 is 21.9 Å². The minimum Gasteiger partial charge on any atom is -0.480 e. The molecule has 1 amide bonds. The van der Waals surface area contributed by atoms with Gasteiger partial charge in [0.25, 0.3) is 5.91 Å². The highest BCUT2D eigenvalue weighted by atomic mass is 32.2. The Bertz CT molecular complexity index is 792. The van der Waals surface area contributed by atoms with Crippen molar-refractivity contribution in [3.8, 4) is 0 Å². The van der Waals surface area contributed by atoms with Gasteiger partial charge in [0.1, 0.15) is 6.54 Å². The van der Waals surface area contributed by atoms with E-state index in [4.69, 9.17) is 9.84 Å². The molecule has 1 unspecified atom stereocenters. The zero-order valence-electron chi connectivity index (χ0n) is 15.1. The number of aryl methyl sites for hydroxylation is 2. The quantitative estimate of drug-likeness (QED) is 0.765. The van der Waals surface area contributed by atoms with Crippen molar-refractivity contribution in [2.75, 3.05) is 39.0 Å². The van der Waals surface area contributed by atoms with E-state index in [-0.39, 0.29) is 25.6 Å². The molecule has 1 aromatic carbocycles. The summed E-state index contributed by atoms with van der Waals surface area (Å²) < 4.78 is 30.0. The lowest BCUT2D eigenvalue weighted by Gasteiger charge is -2.35. The lowest BCUT2D eigenvalue weighted by atomic mass is 10.0. The topological polar surface area (TPSA) is 104 Å². The van der Waals surface area contributed by atoms with Gasteiger partial charge in [0, 0.05) is 25.2 Å². The van der Waals surface area contributed by atoms with Crippen molar-refractivity contribution in [3.63, 3.8) is 0 Å². The number of aliphatic carboxylic acids is 1. The van der Waals surface area contributed by atoms with Crippen LogP contribution >= 0.6 is 0 Å². The van der Waals surface area contributed by atoms with Crippen molar-refractivity contribution in [1.82, 2.24) is 9.21 Å². The number of rotatable bonds is 6. The van der Waals surface area contributed by atoms with E-state index in [9.17, 15) is 18.0 Å². The Balaban J connectivity index is 2.10. The second kappa shape index (κ2) is 8.15. The maximum absolute atomic E-state index is 12.8. The van der Waals surface area contributed by atoms with Gasteiger partial charge in [-0.15, -0.1) is 0 Å². The van der Waals surface area contributed by atoms with Gasteiger partial charge in [-0.2, -0.15) is 4.31 Å². The third kappa shape index (κ3) is 5.26. The van der Waals surface area contributed by atoms with Gasteiger partial charge in [0.05, 0.1) is 19.0 Å². The van der Waals surface area contributed by atoms with Gasteiger partial charge in [-0.25, -0.2) is 8.42 Å². The van der Waals surface area contributed by atoms with E-state index < -0.39 is 28.6 Å². The largest absolute Gasteiger partial charge is 0.480 e. The van der Waals surface area contributed by atoms with Gasteiger partial charge < -0.3 is 14.7 Å². The predicted octanol–water partition coefficient (Wildman–Crippen LogP) is 0.491. The van der Waals surface area contributed by atoms with Crippen molar-refractivity contribution in [2.24, 2.45) is 0 Å². The van der Waals surface area contributed by atoms with Crippen LogP contribution in [0.4, 0.5) is 0 Å². The molecule has 1 fully saturated rings. The molecule has 2 rings (SSSR count). The Labute approximate surface area is 153 Å². The molecule has 26 heavy (non-hydrogen) atoms. The molecule has 9 heteroatoms. The highest BCUT2D eigenvalue weighted by molar-refractivity contribution is 7.88. The van der Waals surface area contributed by atoms with Crippen molar-refractivity contribution in [1.29, 1.82) is 0 Å². The van der Waals surface area contributed by atoms with E-state index in [2.05, 4.69) is 0 Å². The number of sulfonamides is 1. The van der Waals surface area contributed by atoms with Crippen LogP contribution < -0.4 is 0 Å². The van der Waals surface area contributed by atoms with E-state index in [1.807, 2.05) is 26.0 Å². The van der Waals surface area contributed by atoms with Crippen LogP contribution in [-0.2, 0) is 19.6 Å². The molecular weight excluding hydrogens is 360 g/mol. The smallest absolute Gasteiger partial charge is 0.318 e. The monoisotopic (exact) mass is 384 g/mol. The molecular formula is C17H24N2O6S. The molecule has 0 spiro atoms. The minimum absolute atomic E-state index is 0.109. The maximum atomic E-state index is 12.8. The van der Waals surface area contributed by atoms with Gasteiger partial charge in [-0.1, -0.05) is 17.7 Å². The summed E-state index contributed by atoms with van der Waals surface area (Å²) in [5, 5.41) is 8.91. The van der Waals surface area contributed by atoms with Crippen molar-refractivity contribution < 1.29 is 27.9 Å². The summed E-state index contributed by atoms with van der Waals surface area (Å²) in [4.78, 5) is 25.3. The first kappa shape index (κ1) is 20.3. The number of ether oxygens (including phenoxy) is 1. The average molecular weight is 384 g/mol. The Morgan fingerprint density at radius 2 is 2.04 bits per heavy atom. The number of hydrogen-bond acceptors (Lipinski definition) is 5. The van der Waals surface area contributed by atoms with Gasteiger partial charge in [-0.3, -0.25) is 9.59 Å². The fourth-order valence-electron chi connectivity index (χ4n) is 2.93. The molecule has 1 N–H and O–H groups in total. The second-order valence-corrected chi connectivity index (χ2v) is 8.49. The van der Waals surface area contributed by atoms with Crippen LogP contribution in [0.25, 0.3) is 0 Å². The van der Waals surface area contributed by atoms with Gasteiger partial charge in [0.2, 0.25) is 10.0 Å². The van der Waals surface area contributed by atoms with Crippen LogP contribution in [0.3, 0.4) is 0 Å². The number of morpholine rings is 1. The molecule has 0 aliphatic carbocycles.